The van der Waals surface area contributed by atoms with Gasteiger partial charge in [-0.3, -0.25) is 4.79 Å². The smallest absolute Gasteiger partial charge is 0.350 e. The monoisotopic (exact) mass is 413 g/mol. The average Bonchev–Trinajstić information content (AvgIpc) is 3.46. The van der Waals surface area contributed by atoms with E-state index in [9.17, 15) is 9.59 Å². The first kappa shape index (κ1) is 19.0. The molecule has 0 radical (unpaired) electrons. The van der Waals surface area contributed by atoms with Crippen molar-refractivity contribution in [1.29, 1.82) is 0 Å². The van der Waals surface area contributed by atoms with Crippen molar-refractivity contribution >= 4 is 34.7 Å². The van der Waals surface area contributed by atoms with Crippen LogP contribution in [0.1, 0.15) is 22.5 Å². The van der Waals surface area contributed by atoms with E-state index >= 15 is 0 Å². The van der Waals surface area contributed by atoms with Crippen molar-refractivity contribution in [3.05, 3.63) is 41.4 Å². The first-order chi connectivity index (χ1) is 14.2. The highest BCUT2D eigenvalue weighted by Gasteiger charge is 2.28. The Labute approximate surface area is 170 Å². The Balaban J connectivity index is 1.46. The number of piperidine rings is 1. The van der Waals surface area contributed by atoms with Gasteiger partial charge in [-0.05, 0) is 24.3 Å². The van der Waals surface area contributed by atoms with Gasteiger partial charge in [-0.25, -0.2) is 24.4 Å². The van der Waals surface area contributed by atoms with Gasteiger partial charge in [0.1, 0.15) is 29.7 Å². The van der Waals surface area contributed by atoms with Gasteiger partial charge in [-0.15, -0.1) is 11.3 Å². The van der Waals surface area contributed by atoms with Crippen LogP contribution < -0.4 is 10.2 Å². The molecular formula is C18H19N7O3S. The lowest BCUT2D eigenvalue weighted by molar-refractivity contribution is -0.120. The zero-order valence-corrected chi connectivity index (χ0v) is 16.5. The molecule has 1 aliphatic heterocycles. The lowest BCUT2D eigenvalue weighted by Crippen LogP contribution is -2.41. The number of carbonyl (C=O) groups excluding carboxylic acids is 2. The largest absolute Gasteiger partial charge is 0.465 e. The number of carbonyl (C=O) groups is 2. The number of amides is 1. The third-order valence-electron chi connectivity index (χ3n) is 4.70. The summed E-state index contributed by atoms with van der Waals surface area (Å²) in [5.41, 5.74) is 0.486. The van der Waals surface area contributed by atoms with Crippen molar-refractivity contribution in [2.75, 3.05) is 30.4 Å². The molecule has 1 saturated heterocycles. The van der Waals surface area contributed by atoms with E-state index in [0.717, 1.165) is 25.2 Å². The lowest BCUT2D eigenvalue weighted by Gasteiger charge is -2.32. The summed E-state index contributed by atoms with van der Waals surface area (Å²) in [5, 5.41) is 8.70. The maximum absolute atomic E-state index is 12.8. The lowest BCUT2D eigenvalue weighted by atomic mass is 9.97. The second-order valence-corrected chi connectivity index (χ2v) is 7.42. The summed E-state index contributed by atoms with van der Waals surface area (Å²) < 4.78 is 6.33. The Morgan fingerprint density at radius 1 is 1.28 bits per heavy atom. The third-order valence-corrected chi connectivity index (χ3v) is 5.60. The van der Waals surface area contributed by atoms with Crippen molar-refractivity contribution in [1.82, 2.24) is 24.7 Å². The van der Waals surface area contributed by atoms with Crippen LogP contribution in [0.15, 0.2) is 36.5 Å². The molecule has 1 fully saturated rings. The molecule has 29 heavy (non-hydrogen) atoms. The minimum atomic E-state index is -0.456. The SMILES string of the molecule is COC(=O)c1sccc1NC(=O)[C@H]1CCCN(c2cc(-n3cncn3)ncn2)C1. The number of hydrogen-bond acceptors (Lipinski definition) is 9. The van der Waals surface area contributed by atoms with Crippen molar-refractivity contribution < 1.29 is 14.3 Å². The number of thiophene rings is 1. The number of methoxy groups -OCH3 is 1. The minimum absolute atomic E-state index is 0.121. The van der Waals surface area contributed by atoms with Crippen LogP contribution in [0.2, 0.25) is 0 Å². The Kier molecular flexibility index (Phi) is 5.47. The van der Waals surface area contributed by atoms with Gasteiger partial charge in [0.2, 0.25) is 5.91 Å². The topological polar surface area (TPSA) is 115 Å². The van der Waals surface area contributed by atoms with Crippen molar-refractivity contribution in [2.45, 2.75) is 12.8 Å². The fourth-order valence-corrected chi connectivity index (χ4v) is 4.02. The normalized spacial score (nSPS) is 16.4. The highest BCUT2D eigenvalue weighted by atomic mass is 32.1. The Hall–Kier alpha value is -3.34. The van der Waals surface area contributed by atoms with E-state index in [1.165, 1.54) is 31.1 Å². The Bertz CT molecular complexity index is 1000. The number of esters is 1. The maximum atomic E-state index is 12.8. The van der Waals surface area contributed by atoms with E-state index in [4.69, 9.17) is 4.74 Å². The zero-order chi connectivity index (χ0) is 20.2. The summed E-state index contributed by atoms with van der Waals surface area (Å²) >= 11 is 1.24. The van der Waals surface area contributed by atoms with E-state index < -0.39 is 5.97 Å². The summed E-state index contributed by atoms with van der Waals surface area (Å²) in [4.78, 5) is 39.6. The molecule has 0 aromatic carbocycles. The van der Waals surface area contributed by atoms with Crippen LogP contribution >= 0.6 is 11.3 Å². The molecule has 11 heteroatoms. The molecule has 150 valence electrons. The highest BCUT2D eigenvalue weighted by Crippen LogP contribution is 2.27. The predicted molar refractivity (Wildman–Crippen MR) is 106 cm³/mol. The quantitative estimate of drug-likeness (QED) is 0.629. The molecule has 0 aliphatic carbocycles. The first-order valence-electron chi connectivity index (χ1n) is 9.04. The van der Waals surface area contributed by atoms with Crippen molar-refractivity contribution in [3.63, 3.8) is 0 Å². The summed E-state index contributed by atoms with van der Waals surface area (Å²) in [5.74, 6) is 0.541. The van der Waals surface area contributed by atoms with Crippen LogP contribution in [0.4, 0.5) is 11.5 Å². The molecule has 1 aliphatic rings. The molecule has 1 atom stereocenters. The fraction of sp³-hybridized carbons (Fsp3) is 0.333. The van der Waals surface area contributed by atoms with E-state index in [1.807, 2.05) is 6.07 Å². The van der Waals surface area contributed by atoms with Gasteiger partial charge in [0, 0.05) is 19.2 Å². The molecule has 1 amide bonds. The third kappa shape index (κ3) is 4.09. The van der Waals surface area contributed by atoms with Gasteiger partial charge in [0.15, 0.2) is 5.82 Å². The molecule has 4 heterocycles. The predicted octanol–water partition coefficient (Wildman–Crippen LogP) is 1.76. The van der Waals surface area contributed by atoms with E-state index in [2.05, 4.69) is 30.3 Å². The van der Waals surface area contributed by atoms with Crippen LogP contribution in [0.5, 0.6) is 0 Å². The van der Waals surface area contributed by atoms with Crippen LogP contribution in [0, 0.1) is 5.92 Å². The fourth-order valence-electron chi connectivity index (χ4n) is 3.25. The van der Waals surface area contributed by atoms with Gasteiger partial charge < -0.3 is 15.0 Å². The number of rotatable bonds is 5. The zero-order valence-electron chi connectivity index (χ0n) is 15.7. The summed E-state index contributed by atoms with van der Waals surface area (Å²) in [6.45, 7) is 1.32. The van der Waals surface area contributed by atoms with Gasteiger partial charge in [-0.1, -0.05) is 0 Å². The summed E-state index contributed by atoms with van der Waals surface area (Å²) in [6.07, 6.45) is 6.10. The van der Waals surface area contributed by atoms with E-state index in [-0.39, 0.29) is 11.8 Å². The highest BCUT2D eigenvalue weighted by molar-refractivity contribution is 7.12. The number of hydrogen-bond donors (Lipinski definition) is 1. The van der Waals surface area contributed by atoms with Crippen LogP contribution in [0.3, 0.4) is 0 Å². The molecular weight excluding hydrogens is 394 g/mol. The maximum Gasteiger partial charge on any atom is 0.350 e. The van der Waals surface area contributed by atoms with Gasteiger partial charge in [-0.2, -0.15) is 5.10 Å². The number of aromatic nitrogens is 5. The van der Waals surface area contributed by atoms with Gasteiger partial charge in [0.25, 0.3) is 0 Å². The molecule has 1 N–H and O–H groups in total. The Morgan fingerprint density at radius 3 is 2.93 bits per heavy atom. The summed E-state index contributed by atoms with van der Waals surface area (Å²) in [7, 11) is 1.32. The van der Waals surface area contributed by atoms with Crippen LogP contribution in [-0.4, -0.2) is 56.8 Å². The molecule has 4 rings (SSSR count). The standard InChI is InChI=1S/C18H19N7O3S/c1-28-18(27)16-13(4-6-29-16)23-17(26)12-3-2-5-24(8-12)14-7-15(21-10-20-14)25-11-19-9-22-25/h4,6-7,9-12H,2-3,5,8H2,1H3,(H,23,26)/t12-/m0/s1. The molecule has 3 aromatic rings. The second-order valence-electron chi connectivity index (χ2n) is 6.50. The van der Waals surface area contributed by atoms with E-state index in [1.54, 1.807) is 22.5 Å². The molecule has 10 nitrogen and oxygen atoms in total. The molecule has 0 saturated carbocycles. The van der Waals surface area contributed by atoms with Gasteiger partial charge in [0.05, 0.1) is 18.7 Å². The minimum Gasteiger partial charge on any atom is -0.465 e. The number of nitrogens with zero attached hydrogens (tertiary/aromatic N) is 6. The molecule has 3 aromatic heterocycles. The number of anilines is 2. The number of ether oxygens (including phenoxy) is 1. The summed E-state index contributed by atoms with van der Waals surface area (Å²) in [6, 6.07) is 3.54. The van der Waals surface area contributed by atoms with Gasteiger partial charge >= 0.3 is 5.97 Å². The molecule has 0 spiro atoms. The average molecular weight is 413 g/mol. The van der Waals surface area contributed by atoms with Crippen molar-refractivity contribution in [2.24, 2.45) is 5.92 Å². The molecule has 0 bridgehead atoms. The van der Waals surface area contributed by atoms with Crippen molar-refractivity contribution in [3.8, 4) is 5.82 Å². The first-order valence-corrected chi connectivity index (χ1v) is 9.92. The Morgan fingerprint density at radius 2 is 2.14 bits per heavy atom. The molecule has 0 unspecified atom stereocenters. The second kappa shape index (κ2) is 8.35. The van der Waals surface area contributed by atoms with E-state index in [0.29, 0.717) is 22.9 Å². The van der Waals surface area contributed by atoms with Crippen LogP contribution in [-0.2, 0) is 9.53 Å². The van der Waals surface area contributed by atoms with Crippen LogP contribution in [0.25, 0.3) is 5.82 Å². The number of nitrogens with one attached hydrogen (secondary N) is 1.